The van der Waals surface area contributed by atoms with E-state index in [1.165, 1.54) is 113 Å². The molecular weight excluding hydrogens is 496 g/mol. The van der Waals surface area contributed by atoms with Crippen LogP contribution in [0.3, 0.4) is 0 Å². The van der Waals surface area contributed by atoms with E-state index in [0.29, 0.717) is 0 Å². The van der Waals surface area contributed by atoms with Gasteiger partial charge in [-0.3, -0.25) is 0 Å². The van der Waals surface area contributed by atoms with Crippen molar-refractivity contribution >= 4 is 11.4 Å². The van der Waals surface area contributed by atoms with Crippen LogP contribution in [0.4, 0.5) is 11.4 Å². The maximum Gasteiger partial charge on any atom is 0.0319 e. The van der Waals surface area contributed by atoms with Gasteiger partial charge in [-0.1, -0.05) is 80.6 Å². The average Bonchev–Trinajstić information content (AvgIpc) is 2.93. The van der Waals surface area contributed by atoms with Crippen molar-refractivity contribution in [2.24, 2.45) is 0 Å². The molecule has 0 bridgehead atoms. The molecule has 216 valence electrons. The Balaban J connectivity index is 1.07. The van der Waals surface area contributed by atoms with Crippen molar-refractivity contribution in [2.75, 3.05) is 11.5 Å². The highest BCUT2D eigenvalue weighted by atomic mass is 14.5. The van der Waals surface area contributed by atoms with Gasteiger partial charge in [0.1, 0.15) is 0 Å². The molecule has 4 aromatic carbocycles. The van der Waals surface area contributed by atoms with E-state index in [0.717, 1.165) is 24.2 Å². The number of anilines is 2. The van der Waals surface area contributed by atoms with Crippen LogP contribution < -0.4 is 11.5 Å². The second kappa shape index (κ2) is 14.9. The Morgan fingerprint density at radius 1 is 0.390 bits per heavy atom. The molecule has 2 heteroatoms. The molecule has 0 aromatic heterocycles. The van der Waals surface area contributed by atoms with Crippen LogP contribution >= 0.6 is 0 Å². The fourth-order valence-corrected chi connectivity index (χ4v) is 6.21. The summed E-state index contributed by atoms with van der Waals surface area (Å²) in [6.07, 6.45) is 13.6. The fourth-order valence-electron chi connectivity index (χ4n) is 6.21. The molecular formula is C39H50N2. The van der Waals surface area contributed by atoms with E-state index < -0.39 is 0 Å². The Labute approximate surface area is 249 Å². The second-order valence-corrected chi connectivity index (χ2v) is 12.2. The van der Waals surface area contributed by atoms with Gasteiger partial charge in [-0.2, -0.15) is 0 Å². The SMILES string of the molecule is Cc1cc(N)cc(C)c1Cc1ccc(CCCCCCCCCc2ccc(Cc3c(C)cc(N)cc3C)cc2)cc1. The maximum atomic E-state index is 5.99. The first-order valence-electron chi connectivity index (χ1n) is 15.7. The number of hydrogen-bond acceptors (Lipinski definition) is 2. The summed E-state index contributed by atoms with van der Waals surface area (Å²) in [7, 11) is 0. The van der Waals surface area contributed by atoms with Crippen molar-refractivity contribution in [3.05, 3.63) is 128 Å². The van der Waals surface area contributed by atoms with E-state index in [1.54, 1.807) is 0 Å². The molecule has 0 saturated heterocycles. The van der Waals surface area contributed by atoms with E-state index in [2.05, 4.69) is 100 Å². The quantitative estimate of drug-likeness (QED) is 0.122. The molecule has 0 unspecified atom stereocenters. The summed E-state index contributed by atoms with van der Waals surface area (Å²) in [5, 5.41) is 0. The van der Waals surface area contributed by atoms with Gasteiger partial charge >= 0.3 is 0 Å². The molecule has 0 saturated carbocycles. The van der Waals surface area contributed by atoms with Crippen LogP contribution in [0.15, 0.2) is 72.8 Å². The predicted molar refractivity (Wildman–Crippen MR) is 179 cm³/mol. The molecule has 4 aromatic rings. The molecule has 2 nitrogen and oxygen atoms in total. The summed E-state index contributed by atoms with van der Waals surface area (Å²) in [6, 6.07) is 26.9. The van der Waals surface area contributed by atoms with E-state index >= 15 is 0 Å². The van der Waals surface area contributed by atoms with Gasteiger partial charge in [-0.25, -0.2) is 0 Å². The number of hydrogen-bond donors (Lipinski definition) is 2. The largest absolute Gasteiger partial charge is 0.399 e. The van der Waals surface area contributed by atoms with Crippen LogP contribution in [0.2, 0.25) is 0 Å². The van der Waals surface area contributed by atoms with E-state index in [9.17, 15) is 0 Å². The number of nitrogens with two attached hydrogens (primary N) is 2. The zero-order valence-electron chi connectivity index (χ0n) is 25.9. The molecule has 0 atom stereocenters. The summed E-state index contributed by atoms with van der Waals surface area (Å²) in [5.41, 5.74) is 27.3. The van der Waals surface area contributed by atoms with Crippen molar-refractivity contribution in [2.45, 2.75) is 98.3 Å². The summed E-state index contributed by atoms with van der Waals surface area (Å²) in [4.78, 5) is 0. The molecule has 0 radical (unpaired) electrons. The highest BCUT2D eigenvalue weighted by Crippen LogP contribution is 2.23. The monoisotopic (exact) mass is 546 g/mol. The third-order valence-electron chi connectivity index (χ3n) is 8.68. The van der Waals surface area contributed by atoms with Crippen LogP contribution in [0, 0.1) is 27.7 Å². The summed E-state index contributed by atoms with van der Waals surface area (Å²) >= 11 is 0. The van der Waals surface area contributed by atoms with Crippen molar-refractivity contribution in [3.8, 4) is 0 Å². The minimum atomic E-state index is 0.858. The van der Waals surface area contributed by atoms with Crippen LogP contribution in [-0.4, -0.2) is 0 Å². The standard InChI is InChI=1S/C39H50N2/c1-28-22-36(40)23-29(2)38(28)26-34-18-14-32(15-19-34)12-10-8-6-5-7-9-11-13-33-16-20-35(21-17-33)27-39-30(3)24-37(41)25-31(39)4/h14-25H,5-13,26-27,40-41H2,1-4H3. The number of rotatable bonds is 14. The maximum absolute atomic E-state index is 5.99. The Kier molecular flexibility index (Phi) is 11.1. The average molecular weight is 547 g/mol. The number of unbranched alkanes of at least 4 members (excludes halogenated alkanes) is 6. The molecule has 0 fully saturated rings. The van der Waals surface area contributed by atoms with Gasteiger partial charge in [0.05, 0.1) is 0 Å². The van der Waals surface area contributed by atoms with E-state index in [1.807, 2.05) is 0 Å². The van der Waals surface area contributed by atoms with Crippen molar-refractivity contribution < 1.29 is 0 Å². The van der Waals surface area contributed by atoms with Crippen LogP contribution in [0.25, 0.3) is 0 Å². The van der Waals surface area contributed by atoms with Crippen LogP contribution in [0.5, 0.6) is 0 Å². The zero-order chi connectivity index (χ0) is 29.2. The van der Waals surface area contributed by atoms with Crippen molar-refractivity contribution in [1.82, 2.24) is 0 Å². The predicted octanol–water partition coefficient (Wildman–Crippen LogP) is 9.78. The first-order chi connectivity index (χ1) is 19.8. The number of aryl methyl sites for hydroxylation is 6. The molecule has 0 heterocycles. The summed E-state index contributed by atoms with van der Waals surface area (Å²) in [5.74, 6) is 0. The Morgan fingerprint density at radius 2 is 0.659 bits per heavy atom. The smallest absolute Gasteiger partial charge is 0.0319 e. The van der Waals surface area contributed by atoms with Crippen LogP contribution in [0.1, 0.15) is 101 Å². The van der Waals surface area contributed by atoms with Gasteiger partial charge in [0.2, 0.25) is 0 Å². The van der Waals surface area contributed by atoms with Gasteiger partial charge in [0, 0.05) is 11.4 Å². The van der Waals surface area contributed by atoms with Crippen molar-refractivity contribution in [1.29, 1.82) is 0 Å². The molecule has 4 N–H and O–H groups in total. The first kappa shape index (κ1) is 30.4. The minimum Gasteiger partial charge on any atom is -0.399 e. The van der Waals surface area contributed by atoms with Crippen LogP contribution in [-0.2, 0) is 25.7 Å². The van der Waals surface area contributed by atoms with Gasteiger partial charge in [-0.05, 0) is 146 Å². The lowest BCUT2D eigenvalue weighted by Gasteiger charge is -2.12. The molecule has 41 heavy (non-hydrogen) atoms. The Hall–Kier alpha value is -3.52. The molecule has 0 amide bonds. The molecule has 0 aliphatic heterocycles. The molecule has 0 aliphatic carbocycles. The fraction of sp³-hybridized carbons (Fsp3) is 0.385. The van der Waals surface area contributed by atoms with Gasteiger partial charge in [-0.15, -0.1) is 0 Å². The van der Waals surface area contributed by atoms with Gasteiger partial charge in [0.25, 0.3) is 0 Å². The van der Waals surface area contributed by atoms with Gasteiger partial charge < -0.3 is 11.5 Å². The highest BCUT2D eigenvalue weighted by molar-refractivity contribution is 5.51. The molecule has 4 rings (SSSR count). The summed E-state index contributed by atoms with van der Waals surface area (Å²) < 4.78 is 0. The Morgan fingerprint density at radius 3 is 0.976 bits per heavy atom. The van der Waals surface area contributed by atoms with E-state index in [4.69, 9.17) is 11.5 Å². The number of nitrogen functional groups attached to an aromatic ring is 2. The Bertz CT molecular complexity index is 1240. The normalized spacial score (nSPS) is 11.2. The third-order valence-corrected chi connectivity index (χ3v) is 8.68. The molecule has 0 aliphatic rings. The van der Waals surface area contributed by atoms with E-state index in [-0.39, 0.29) is 0 Å². The lowest BCUT2D eigenvalue weighted by Crippen LogP contribution is -1.98. The van der Waals surface area contributed by atoms with Gasteiger partial charge in [0.15, 0.2) is 0 Å². The second-order valence-electron chi connectivity index (χ2n) is 12.2. The zero-order valence-corrected chi connectivity index (χ0v) is 25.9. The highest BCUT2D eigenvalue weighted by Gasteiger charge is 2.07. The summed E-state index contributed by atoms with van der Waals surface area (Å²) in [6.45, 7) is 8.66. The molecule has 0 spiro atoms. The minimum absolute atomic E-state index is 0.858. The topological polar surface area (TPSA) is 52.0 Å². The third kappa shape index (κ3) is 9.25. The lowest BCUT2D eigenvalue weighted by atomic mass is 9.94. The first-order valence-corrected chi connectivity index (χ1v) is 15.7. The lowest BCUT2D eigenvalue weighted by molar-refractivity contribution is 0.579. The number of benzene rings is 4. The van der Waals surface area contributed by atoms with Crippen molar-refractivity contribution in [3.63, 3.8) is 0 Å².